The lowest BCUT2D eigenvalue weighted by Crippen LogP contribution is -2.51. The van der Waals surface area contributed by atoms with Crippen molar-refractivity contribution in [3.63, 3.8) is 0 Å². The third-order valence-electron chi connectivity index (χ3n) is 5.89. The smallest absolute Gasteiger partial charge is 0.261 e. The molecule has 0 bridgehead atoms. The van der Waals surface area contributed by atoms with Crippen LogP contribution >= 0.6 is 23.2 Å². The molecular formula is C25H30Cl2N2O4. The van der Waals surface area contributed by atoms with Crippen LogP contribution in [0.4, 0.5) is 0 Å². The summed E-state index contributed by atoms with van der Waals surface area (Å²) in [6.45, 7) is 1.64. The molecule has 0 spiro atoms. The molecule has 0 aromatic heterocycles. The number of nitrogens with zero attached hydrogens (tertiary/aromatic N) is 1. The standard InChI is InChI=1S/C25H30Cl2N2O4/c1-17(25(31)28-20-8-4-3-5-9-20)29(15-18-12-13-19(26)14-21(18)27)24(30)16-33-23-11-7-6-10-22(23)32-2/h6-7,10-14,17,20H,3-5,8-9,15-16H2,1-2H3,(H,28,31). The summed E-state index contributed by atoms with van der Waals surface area (Å²) in [7, 11) is 1.54. The quantitative estimate of drug-likeness (QED) is 0.519. The van der Waals surface area contributed by atoms with E-state index >= 15 is 0 Å². The summed E-state index contributed by atoms with van der Waals surface area (Å²) >= 11 is 12.4. The minimum Gasteiger partial charge on any atom is -0.493 e. The van der Waals surface area contributed by atoms with Crippen molar-refractivity contribution in [1.82, 2.24) is 10.2 Å². The van der Waals surface area contributed by atoms with Crippen molar-refractivity contribution >= 4 is 35.0 Å². The van der Waals surface area contributed by atoms with Gasteiger partial charge in [0.05, 0.1) is 7.11 Å². The summed E-state index contributed by atoms with van der Waals surface area (Å²) < 4.78 is 11.0. The SMILES string of the molecule is COc1ccccc1OCC(=O)N(Cc1ccc(Cl)cc1Cl)C(C)C(=O)NC1CCCCC1. The van der Waals surface area contributed by atoms with Gasteiger partial charge in [-0.3, -0.25) is 9.59 Å². The summed E-state index contributed by atoms with van der Waals surface area (Å²) in [5.41, 5.74) is 0.698. The van der Waals surface area contributed by atoms with Crippen molar-refractivity contribution in [3.05, 3.63) is 58.1 Å². The van der Waals surface area contributed by atoms with Gasteiger partial charge in [0.2, 0.25) is 5.91 Å². The molecule has 1 aliphatic rings. The van der Waals surface area contributed by atoms with Gasteiger partial charge in [0.15, 0.2) is 18.1 Å². The van der Waals surface area contributed by atoms with Crippen LogP contribution in [0.2, 0.25) is 10.0 Å². The number of benzene rings is 2. The predicted molar refractivity (Wildman–Crippen MR) is 130 cm³/mol. The second-order valence-electron chi connectivity index (χ2n) is 8.22. The molecule has 3 rings (SSSR count). The van der Waals surface area contributed by atoms with E-state index < -0.39 is 6.04 Å². The van der Waals surface area contributed by atoms with E-state index in [-0.39, 0.29) is 31.0 Å². The number of hydrogen-bond acceptors (Lipinski definition) is 4. The lowest BCUT2D eigenvalue weighted by atomic mass is 9.95. The normalized spacial score (nSPS) is 14.9. The number of methoxy groups -OCH3 is 1. The van der Waals surface area contributed by atoms with Crippen LogP contribution < -0.4 is 14.8 Å². The van der Waals surface area contributed by atoms with Crippen LogP contribution in [0, 0.1) is 0 Å². The first-order chi connectivity index (χ1) is 15.9. The van der Waals surface area contributed by atoms with Gasteiger partial charge in [0.1, 0.15) is 6.04 Å². The van der Waals surface area contributed by atoms with E-state index in [0.29, 0.717) is 27.1 Å². The number of nitrogens with one attached hydrogen (secondary N) is 1. The van der Waals surface area contributed by atoms with Crippen molar-refractivity contribution in [3.8, 4) is 11.5 Å². The largest absolute Gasteiger partial charge is 0.493 e. The van der Waals surface area contributed by atoms with Gasteiger partial charge in [0.25, 0.3) is 5.91 Å². The van der Waals surface area contributed by atoms with Crippen molar-refractivity contribution in [2.24, 2.45) is 0 Å². The first-order valence-electron chi connectivity index (χ1n) is 11.2. The third-order valence-corrected chi connectivity index (χ3v) is 6.48. The minimum absolute atomic E-state index is 0.148. The molecule has 1 unspecified atom stereocenters. The Morgan fingerprint density at radius 3 is 2.45 bits per heavy atom. The number of carbonyl (C=O) groups excluding carboxylic acids is 2. The Bertz CT molecular complexity index is 963. The van der Waals surface area contributed by atoms with Gasteiger partial charge >= 0.3 is 0 Å². The van der Waals surface area contributed by atoms with Crippen LogP contribution in [0.1, 0.15) is 44.6 Å². The molecule has 178 valence electrons. The van der Waals surface area contributed by atoms with Crippen molar-refractivity contribution in [1.29, 1.82) is 0 Å². The Kier molecular flexibility index (Phi) is 9.27. The number of para-hydroxylation sites is 2. The molecule has 0 saturated heterocycles. The Morgan fingerprint density at radius 1 is 1.09 bits per heavy atom. The zero-order chi connectivity index (χ0) is 23.8. The molecule has 1 saturated carbocycles. The molecular weight excluding hydrogens is 463 g/mol. The summed E-state index contributed by atoms with van der Waals surface area (Å²) in [5.74, 6) is 0.466. The number of carbonyl (C=O) groups is 2. The van der Waals surface area contributed by atoms with E-state index in [2.05, 4.69) is 5.32 Å². The lowest BCUT2D eigenvalue weighted by Gasteiger charge is -2.31. The van der Waals surface area contributed by atoms with Crippen LogP contribution in [-0.4, -0.2) is 42.5 Å². The molecule has 1 N–H and O–H groups in total. The second kappa shape index (κ2) is 12.1. The van der Waals surface area contributed by atoms with E-state index in [1.54, 1.807) is 43.3 Å². The van der Waals surface area contributed by atoms with E-state index in [1.165, 1.54) is 18.4 Å². The molecule has 1 aliphatic carbocycles. The van der Waals surface area contributed by atoms with Gasteiger partial charge in [-0.2, -0.15) is 0 Å². The van der Waals surface area contributed by atoms with Gasteiger partial charge < -0.3 is 19.7 Å². The van der Waals surface area contributed by atoms with Crippen LogP contribution in [0.15, 0.2) is 42.5 Å². The molecule has 0 radical (unpaired) electrons. The highest BCUT2D eigenvalue weighted by molar-refractivity contribution is 6.35. The highest BCUT2D eigenvalue weighted by Gasteiger charge is 2.29. The summed E-state index contributed by atoms with van der Waals surface area (Å²) in [6, 6.07) is 11.6. The fraction of sp³-hybridized carbons (Fsp3) is 0.440. The van der Waals surface area contributed by atoms with Crippen molar-refractivity contribution in [2.45, 2.75) is 57.7 Å². The molecule has 1 atom stereocenters. The molecule has 0 aliphatic heterocycles. The van der Waals surface area contributed by atoms with E-state index in [0.717, 1.165) is 25.7 Å². The van der Waals surface area contributed by atoms with Crippen LogP contribution in [-0.2, 0) is 16.1 Å². The zero-order valence-corrected chi connectivity index (χ0v) is 20.5. The average Bonchev–Trinajstić information content (AvgIpc) is 2.82. The summed E-state index contributed by atoms with van der Waals surface area (Å²) in [4.78, 5) is 27.8. The first-order valence-corrected chi connectivity index (χ1v) is 11.9. The van der Waals surface area contributed by atoms with E-state index in [9.17, 15) is 9.59 Å². The highest BCUT2D eigenvalue weighted by atomic mass is 35.5. The molecule has 1 fully saturated rings. The number of hydrogen-bond donors (Lipinski definition) is 1. The maximum atomic E-state index is 13.2. The Labute approximate surface area is 205 Å². The van der Waals surface area contributed by atoms with E-state index in [1.807, 2.05) is 6.07 Å². The number of amides is 2. The molecule has 2 amide bonds. The molecule has 8 heteroatoms. The van der Waals surface area contributed by atoms with E-state index in [4.69, 9.17) is 32.7 Å². The van der Waals surface area contributed by atoms with Crippen LogP contribution in [0.3, 0.4) is 0 Å². The molecule has 6 nitrogen and oxygen atoms in total. The number of halogens is 2. The van der Waals surface area contributed by atoms with Gasteiger partial charge in [-0.15, -0.1) is 0 Å². The van der Waals surface area contributed by atoms with Crippen LogP contribution in [0.5, 0.6) is 11.5 Å². The average molecular weight is 493 g/mol. The number of ether oxygens (including phenoxy) is 2. The molecule has 33 heavy (non-hydrogen) atoms. The maximum absolute atomic E-state index is 13.2. The summed E-state index contributed by atoms with van der Waals surface area (Å²) in [5, 5.41) is 4.05. The minimum atomic E-state index is -0.701. The Hall–Kier alpha value is -2.44. The first kappa shape index (κ1) is 25.2. The summed E-state index contributed by atoms with van der Waals surface area (Å²) in [6.07, 6.45) is 5.34. The topological polar surface area (TPSA) is 67.9 Å². The van der Waals surface area contributed by atoms with Gasteiger partial charge in [-0.05, 0) is 49.6 Å². The maximum Gasteiger partial charge on any atom is 0.261 e. The molecule has 0 heterocycles. The van der Waals surface area contributed by atoms with Gasteiger partial charge in [0, 0.05) is 22.6 Å². The fourth-order valence-electron chi connectivity index (χ4n) is 3.95. The third kappa shape index (κ3) is 7.02. The van der Waals surface area contributed by atoms with Crippen molar-refractivity contribution < 1.29 is 19.1 Å². The molecule has 2 aromatic carbocycles. The van der Waals surface area contributed by atoms with Crippen LogP contribution in [0.25, 0.3) is 0 Å². The highest BCUT2D eigenvalue weighted by Crippen LogP contribution is 2.27. The monoisotopic (exact) mass is 492 g/mol. The fourth-order valence-corrected chi connectivity index (χ4v) is 4.41. The predicted octanol–water partition coefficient (Wildman–Crippen LogP) is 5.25. The van der Waals surface area contributed by atoms with Gasteiger partial charge in [-0.25, -0.2) is 0 Å². The Balaban J connectivity index is 1.75. The van der Waals surface area contributed by atoms with Crippen molar-refractivity contribution in [2.75, 3.05) is 13.7 Å². The number of rotatable bonds is 9. The molecule has 2 aromatic rings. The lowest BCUT2D eigenvalue weighted by molar-refractivity contribution is -0.142. The zero-order valence-electron chi connectivity index (χ0n) is 19.0. The second-order valence-corrected chi connectivity index (χ2v) is 9.06. The van der Waals surface area contributed by atoms with Gasteiger partial charge in [-0.1, -0.05) is 60.7 Å². The Morgan fingerprint density at radius 2 is 1.79 bits per heavy atom.